The van der Waals surface area contributed by atoms with E-state index in [0.29, 0.717) is 0 Å². The van der Waals surface area contributed by atoms with E-state index in [4.69, 9.17) is 0 Å². The van der Waals surface area contributed by atoms with Crippen LogP contribution in [0.25, 0.3) is 0 Å². The SMILES string of the molecule is CC1(C)C(C(=O)O)CCN1CCc1ccccc1. The highest BCUT2D eigenvalue weighted by Crippen LogP contribution is 2.34. The maximum atomic E-state index is 11.2. The fourth-order valence-electron chi connectivity index (χ4n) is 2.88. The summed E-state index contributed by atoms with van der Waals surface area (Å²) in [5, 5.41) is 9.23. The van der Waals surface area contributed by atoms with Gasteiger partial charge in [0.25, 0.3) is 0 Å². The molecule has 0 aromatic heterocycles. The minimum absolute atomic E-state index is 0.236. The lowest BCUT2D eigenvalue weighted by Gasteiger charge is -2.34. The van der Waals surface area contributed by atoms with Gasteiger partial charge in [-0.1, -0.05) is 30.3 Å². The molecule has 98 valence electrons. The minimum Gasteiger partial charge on any atom is -0.481 e. The average molecular weight is 247 g/mol. The number of benzene rings is 1. The van der Waals surface area contributed by atoms with E-state index in [9.17, 15) is 9.90 Å². The van der Waals surface area contributed by atoms with Gasteiger partial charge in [-0.15, -0.1) is 0 Å². The predicted molar refractivity (Wildman–Crippen MR) is 71.5 cm³/mol. The van der Waals surface area contributed by atoms with Crippen molar-refractivity contribution in [3.8, 4) is 0 Å². The molecule has 1 N–H and O–H groups in total. The number of aliphatic carboxylic acids is 1. The van der Waals surface area contributed by atoms with Crippen LogP contribution < -0.4 is 0 Å². The monoisotopic (exact) mass is 247 g/mol. The van der Waals surface area contributed by atoms with Crippen molar-refractivity contribution in [3.63, 3.8) is 0 Å². The maximum Gasteiger partial charge on any atom is 0.308 e. The molecule has 3 nitrogen and oxygen atoms in total. The summed E-state index contributed by atoms with van der Waals surface area (Å²) < 4.78 is 0. The van der Waals surface area contributed by atoms with E-state index < -0.39 is 5.97 Å². The fraction of sp³-hybridized carbons (Fsp3) is 0.533. The first kappa shape index (κ1) is 13.1. The van der Waals surface area contributed by atoms with Crippen LogP contribution in [0.3, 0.4) is 0 Å². The van der Waals surface area contributed by atoms with E-state index in [1.165, 1.54) is 5.56 Å². The molecular weight excluding hydrogens is 226 g/mol. The Hall–Kier alpha value is -1.35. The second-order valence-corrected chi connectivity index (χ2v) is 5.56. The summed E-state index contributed by atoms with van der Waals surface area (Å²) in [6.07, 6.45) is 1.74. The predicted octanol–water partition coefficient (Wildman–Crippen LogP) is 2.41. The Balaban J connectivity index is 1.97. The van der Waals surface area contributed by atoms with Gasteiger partial charge in [0.05, 0.1) is 5.92 Å². The quantitative estimate of drug-likeness (QED) is 0.888. The summed E-state index contributed by atoms with van der Waals surface area (Å²) >= 11 is 0. The number of rotatable bonds is 4. The zero-order valence-corrected chi connectivity index (χ0v) is 11.1. The Morgan fingerprint density at radius 3 is 2.61 bits per heavy atom. The molecule has 0 saturated carbocycles. The highest BCUT2D eigenvalue weighted by Gasteiger charge is 2.44. The molecule has 1 aromatic carbocycles. The molecule has 18 heavy (non-hydrogen) atoms. The highest BCUT2D eigenvalue weighted by molar-refractivity contribution is 5.72. The van der Waals surface area contributed by atoms with Crippen LogP contribution in [0.5, 0.6) is 0 Å². The third kappa shape index (κ3) is 2.56. The van der Waals surface area contributed by atoms with E-state index in [1.807, 2.05) is 32.0 Å². The van der Waals surface area contributed by atoms with Crippen molar-refractivity contribution in [2.75, 3.05) is 13.1 Å². The smallest absolute Gasteiger partial charge is 0.308 e. The molecule has 1 heterocycles. The Labute approximate surface area is 108 Å². The van der Waals surface area contributed by atoms with Gasteiger partial charge >= 0.3 is 5.97 Å². The Morgan fingerprint density at radius 1 is 1.39 bits per heavy atom. The first-order valence-corrected chi connectivity index (χ1v) is 6.53. The molecular formula is C15H21NO2. The molecule has 0 amide bonds. The zero-order valence-electron chi connectivity index (χ0n) is 11.1. The van der Waals surface area contributed by atoms with E-state index in [-0.39, 0.29) is 11.5 Å². The van der Waals surface area contributed by atoms with Gasteiger partial charge in [0.1, 0.15) is 0 Å². The van der Waals surface area contributed by atoms with Gasteiger partial charge in [-0.3, -0.25) is 9.69 Å². The molecule has 1 fully saturated rings. The summed E-state index contributed by atoms with van der Waals surface area (Å²) in [7, 11) is 0. The molecule has 3 heteroatoms. The lowest BCUT2D eigenvalue weighted by molar-refractivity contribution is -0.144. The minimum atomic E-state index is -0.665. The molecule has 1 aromatic rings. The van der Waals surface area contributed by atoms with Crippen LogP contribution in [0, 0.1) is 5.92 Å². The van der Waals surface area contributed by atoms with E-state index in [0.717, 1.165) is 25.9 Å². The summed E-state index contributed by atoms with van der Waals surface area (Å²) in [6.45, 7) is 5.91. The van der Waals surface area contributed by atoms with Crippen LogP contribution in [-0.4, -0.2) is 34.6 Å². The number of hydrogen-bond acceptors (Lipinski definition) is 2. The maximum absolute atomic E-state index is 11.2. The molecule has 0 radical (unpaired) electrons. The van der Waals surface area contributed by atoms with Crippen molar-refractivity contribution in [3.05, 3.63) is 35.9 Å². The summed E-state index contributed by atoms with van der Waals surface area (Å²) in [5.41, 5.74) is 1.08. The molecule has 0 aliphatic carbocycles. The normalized spacial score (nSPS) is 23.1. The molecule has 1 unspecified atom stereocenters. The van der Waals surface area contributed by atoms with Gasteiger partial charge in [-0.05, 0) is 38.8 Å². The molecule has 0 bridgehead atoms. The fourth-order valence-corrected chi connectivity index (χ4v) is 2.88. The Morgan fingerprint density at radius 2 is 2.06 bits per heavy atom. The van der Waals surface area contributed by atoms with E-state index >= 15 is 0 Å². The molecule has 2 rings (SSSR count). The number of likely N-dealkylation sites (tertiary alicyclic amines) is 1. The van der Waals surface area contributed by atoms with Gasteiger partial charge in [-0.25, -0.2) is 0 Å². The number of nitrogens with zero attached hydrogens (tertiary/aromatic N) is 1. The van der Waals surface area contributed by atoms with Crippen LogP contribution in [0.1, 0.15) is 25.8 Å². The average Bonchev–Trinajstić information content (AvgIpc) is 2.63. The van der Waals surface area contributed by atoms with Crippen LogP contribution in [0.2, 0.25) is 0 Å². The van der Waals surface area contributed by atoms with Crippen LogP contribution in [0.4, 0.5) is 0 Å². The second kappa shape index (κ2) is 5.11. The molecule has 0 spiro atoms. The van der Waals surface area contributed by atoms with Crippen molar-refractivity contribution in [1.29, 1.82) is 0 Å². The second-order valence-electron chi connectivity index (χ2n) is 5.56. The Kier molecular flexibility index (Phi) is 3.71. The third-order valence-corrected chi connectivity index (χ3v) is 4.17. The molecule has 1 atom stereocenters. The van der Waals surface area contributed by atoms with Crippen molar-refractivity contribution >= 4 is 5.97 Å². The van der Waals surface area contributed by atoms with Gasteiger partial charge in [-0.2, -0.15) is 0 Å². The topological polar surface area (TPSA) is 40.5 Å². The number of carbonyl (C=O) groups is 1. The van der Waals surface area contributed by atoms with Crippen LogP contribution >= 0.6 is 0 Å². The van der Waals surface area contributed by atoms with Gasteiger partial charge in [0.2, 0.25) is 0 Å². The number of carboxylic acids is 1. The highest BCUT2D eigenvalue weighted by atomic mass is 16.4. The third-order valence-electron chi connectivity index (χ3n) is 4.17. The molecule has 1 aliphatic heterocycles. The molecule has 1 aliphatic rings. The first-order chi connectivity index (χ1) is 8.51. The number of carboxylic acid groups (broad SMARTS) is 1. The van der Waals surface area contributed by atoms with Gasteiger partial charge in [0.15, 0.2) is 0 Å². The van der Waals surface area contributed by atoms with Crippen LogP contribution in [-0.2, 0) is 11.2 Å². The first-order valence-electron chi connectivity index (χ1n) is 6.53. The lowest BCUT2D eigenvalue weighted by atomic mass is 9.88. The van der Waals surface area contributed by atoms with Crippen molar-refractivity contribution in [2.24, 2.45) is 5.92 Å². The largest absolute Gasteiger partial charge is 0.481 e. The Bertz CT molecular complexity index is 414. The summed E-state index contributed by atoms with van der Waals surface area (Å²) in [4.78, 5) is 13.5. The van der Waals surface area contributed by atoms with Crippen molar-refractivity contribution in [1.82, 2.24) is 4.90 Å². The van der Waals surface area contributed by atoms with Gasteiger partial charge < -0.3 is 5.11 Å². The van der Waals surface area contributed by atoms with Crippen LogP contribution in [0.15, 0.2) is 30.3 Å². The van der Waals surface area contributed by atoms with E-state index in [1.54, 1.807) is 0 Å². The van der Waals surface area contributed by atoms with Gasteiger partial charge in [0, 0.05) is 12.1 Å². The van der Waals surface area contributed by atoms with Crippen molar-refractivity contribution in [2.45, 2.75) is 32.2 Å². The zero-order chi connectivity index (χ0) is 13.2. The lowest BCUT2D eigenvalue weighted by Crippen LogP contribution is -2.45. The standard InChI is InChI=1S/C15H21NO2/c1-15(2)13(14(17)18)9-11-16(15)10-8-12-6-4-3-5-7-12/h3-7,13H,8-11H2,1-2H3,(H,17,18). The summed E-state index contributed by atoms with van der Waals surface area (Å²) in [5.74, 6) is -0.907. The van der Waals surface area contributed by atoms with E-state index in [2.05, 4.69) is 17.0 Å². The summed E-state index contributed by atoms with van der Waals surface area (Å²) in [6, 6.07) is 10.4. The number of hydrogen-bond donors (Lipinski definition) is 1. The van der Waals surface area contributed by atoms with Crippen molar-refractivity contribution < 1.29 is 9.90 Å². The molecule has 1 saturated heterocycles.